The molecule has 0 aromatic heterocycles. The van der Waals surface area contributed by atoms with Crippen LogP contribution in [0.3, 0.4) is 0 Å². The van der Waals surface area contributed by atoms with Gasteiger partial charge in [0.15, 0.2) is 0 Å². The van der Waals surface area contributed by atoms with E-state index in [1.807, 2.05) is 170 Å². The highest BCUT2D eigenvalue weighted by Crippen LogP contribution is 2.40. The first-order valence-corrected chi connectivity index (χ1v) is 29.1. The second-order valence-electron chi connectivity index (χ2n) is 22.4. The summed E-state index contributed by atoms with van der Waals surface area (Å²) in [6.45, 7) is 0. The predicted molar refractivity (Wildman–Crippen MR) is 350 cm³/mol. The molecule has 0 N–H and O–H groups in total. The first-order chi connectivity index (χ1) is 44.0. The van der Waals surface area contributed by atoms with E-state index in [1.54, 1.807) is 97.1 Å². The molecule has 0 radical (unpaired) electrons. The molecule has 0 unspecified atom stereocenters. The van der Waals surface area contributed by atoms with Gasteiger partial charge in [0.25, 0.3) is 47.3 Å². The molecule has 0 bridgehead atoms. The minimum absolute atomic E-state index is 0.330. The lowest BCUT2D eigenvalue weighted by atomic mass is 9.93. The number of amides is 8. The zero-order valence-electron chi connectivity index (χ0n) is 47.5. The summed E-state index contributed by atoms with van der Waals surface area (Å²) in [7, 11) is 0. The van der Waals surface area contributed by atoms with E-state index in [-0.39, 0.29) is 47.3 Å². The Balaban J connectivity index is 0.000000145. The molecule has 0 saturated heterocycles. The molecule has 90 heavy (non-hydrogen) atoms. The van der Waals surface area contributed by atoms with Crippen LogP contribution < -0.4 is 19.6 Å². The van der Waals surface area contributed by atoms with Gasteiger partial charge in [0, 0.05) is 66.1 Å². The van der Waals surface area contributed by atoms with Gasteiger partial charge in [-0.15, -0.1) is 0 Å². The smallest absolute Gasteiger partial charge is 0.265 e. The van der Waals surface area contributed by atoms with Crippen molar-refractivity contribution in [3.05, 3.63) is 311 Å². The third-order valence-electron chi connectivity index (χ3n) is 17.5. The number of benzene rings is 13. The Hall–Kier alpha value is -12.5. The molecule has 4 heterocycles. The van der Waals surface area contributed by atoms with E-state index >= 15 is 0 Å². The molecule has 4 aliphatic rings. The highest BCUT2D eigenvalue weighted by molar-refractivity contribution is 6.39. The van der Waals surface area contributed by atoms with E-state index < -0.39 is 0 Å². The Bertz CT molecular complexity index is 4810. The van der Waals surface area contributed by atoms with E-state index in [2.05, 4.69) is 0 Å². The van der Waals surface area contributed by atoms with E-state index in [1.165, 1.54) is 19.6 Å². The number of nitrogens with zero attached hydrogens (tertiary/aromatic N) is 4. The molecule has 0 aliphatic carbocycles. The quantitative estimate of drug-likeness (QED) is 0.143. The minimum Gasteiger partial charge on any atom is -0.268 e. The lowest BCUT2D eigenvalue weighted by molar-refractivity contribution is 0.0877. The third-order valence-corrected chi connectivity index (χ3v) is 17.5. The lowest BCUT2D eigenvalue weighted by Gasteiger charge is -2.27. The number of carbonyl (C=O) groups excluding carboxylic acids is 8. The summed E-state index contributed by atoms with van der Waals surface area (Å²) in [4.78, 5) is 112. The first kappa shape index (κ1) is 53.0. The SMILES string of the molecule is O=C1c2cccc3cccc(c23)C(=O)N1c1ccc(-c2ccc(-c3ccc(N4C(=O)c5cccc6cccc(c56)C4=O)cc3)cc2)cc1.O=C1c2cccc3cccc(c23)C(=O)N1c1ccc(-c2ccc(N3C(=O)c4cccc5cccc(c45)C3=O)cc2)cc1. The minimum atomic E-state index is -0.352. The maximum Gasteiger partial charge on any atom is 0.265 e. The molecule has 0 spiro atoms. The van der Waals surface area contributed by atoms with Crippen molar-refractivity contribution >= 4 is 113 Å². The Kier molecular flexibility index (Phi) is 12.1. The van der Waals surface area contributed by atoms with Crippen LogP contribution in [0.1, 0.15) is 82.9 Å². The van der Waals surface area contributed by atoms with Crippen LogP contribution >= 0.6 is 0 Å². The molecule has 0 saturated carbocycles. The highest BCUT2D eigenvalue weighted by Gasteiger charge is 2.38. The van der Waals surface area contributed by atoms with Crippen LogP contribution in [-0.2, 0) is 0 Å². The summed E-state index contributed by atoms with van der Waals surface area (Å²) in [6.07, 6.45) is 0. The van der Waals surface area contributed by atoms with Crippen molar-refractivity contribution in [2.24, 2.45) is 0 Å². The number of rotatable bonds is 7. The summed E-state index contributed by atoms with van der Waals surface area (Å²) in [5.41, 5.74) is 11.6. The van der Waals surface area contributed by atoms with Gasteiger partial charge in [-0.1, -0.05) is 170 Å². The standard InChI is InChI=1S/C42H24N2O4.C36H20N2O4/c45-39-33-9-1-5-29-6-2-10-34(37(29)33)40(46)43(39)31-21-17-27(18-22-31)25-13-15-26(16-14-25)28-19-23-32(24-20-28)44-41(47)35-11-3-7-30-8-4-12-36(38(30)35)42(44)48;39-33-27-9-1-5-23-6-2-10-28(31(23)27)34(40)37(33)25-17-13-21(14-18-25)22-15-19-26(20-16-22)38-35(41)29-11-3-7-24-8-4-12-30(32(24)29)36(38)42/h1-24H;1-20H. The average Bonchev–Trinajstić information content (AvgIpc) is 0.793. The van der Waals surface area contributed by atoms with Crippen molar-refractivity contribution in [2.75, 3.05) is 19.6 Å². The summed E-state index contributed by atoms with van der Waals surface area (Å²) >= 11 is 0. The molecule has 12 heteroatoms. The van der Waals surface area contributed by atoms with Gasteiger partial charge in [0.05, 0.1) is 22.7 Å². The number of imide groups is 4. The topological polar surface area (TPSA) is 150 Å². The summed E-state index contributed by atoms with van der Waals surface area (Å²) in [5, 5.41) is 6.25. The van der Waals surface area contributed by atoms with Gasteiger partial charge in [-0.2, -0.15) is 0 Å². The summed E-state index contributed by atoms with van der Waals surface area (Å²) < 4.78 is 0. The van der Waals surface area contributed by atoms with Gasteiger partial charge >= 0.3 is 0 Å². The van der Waals surface area contributed by atoms with Crippen molar-refractivity contribution in [3.63, 3.8) is 0 Å². The van der Waals surface area contributed by atoms with E-state index in [4.69, 9.17) is 0 Å². The van der Waals surface area contributed by atoms with E-state index in [0.717, 1.165) is 54.9 Å². The molecule has 0 atom stereocenters. The van der Waals surface area contributed by atoms with Crippen molar-refractivity contribution in [3.8, 4) is 33.4 Å². The van der Waals surface area contributed by atoms with Crippen LogP contribution in [0.5, 0.6) is 0 Å². The number of carbonyl (C=O) groups is 8. The average molecular weight is 1170 g/mol. The highest BCUT2D eigenvalue weighted by atomic mass is 16.2. The van der Waals surface area contributed by atoms with Gasteiger partial charge in [-0.25, -0.2) is 19.6 Å². The van der Waals surface area contributed by atoms with Gasteiger partial charge < -0.3 is 0 Å². The zero-order chi connectivity index (χ0) is 61.1. The summed E-state index contributed by atoms with van der Waals surface area (Å²) in [6, 6.07) is 81.2. The Morgan fingerprint density at radius 3 is 0.433 bits per heavy atom. The Labute approximate surface area is 513 Å². The molecule has 4 aliphatic heterocycles. The molecule has 13 aromatic rings. The van der Waals surface area contributed by atoms with E-state index in [0.29, 0.717) is 88.8 Å². The molecular formula is C78H44N4O8. The molecule has 13 aromatic carbocycles. The van der Waals surface area contributed by atoms with Gasteiger partial charge in [-0.05, 0) is 152 Å². The van der Waals surface area contributed by atoms with Crippen LogP contribution in [0.15, 0.2) is 267 Å². The normalized spacial score (nSPS) is 14.1. The number of anilines is 4. The molecule has 12 nitrogen and oxygen atoms in total. The van der Waals surface area contributed by atoms with Crippen molar-refractivity contribution in [1.82, 2.24) is 0 Å². The van der Waals surface area contributed by atoms with Gasteiger partial charge in [0.2, 0.25) is 0 Å². The monoisotopic (exact) mass is 1160 g/mol. The van der Waals surface area contributed by atoms with Crippen LogP contribution in [0.4, 0.5) is 22.7 Å². The lowest BCUT2D eigenvalue weighted by Crippen LogP contribution is -2.40. The Morgan fingerprint density at radius 1 is 0.156 bits per heavy atom. The summed E-state index contributed by atoms with van der Waals surface area (Å²) in [5.74, 6) is -2.73. The van der Waals surface area contributed by atoms with Crippen molar-refractivity contribution in [1.29, 1.82) is 0 Å². The fraction of sp³-hybridized carbons (Fsp3) is 0. The Morgan fingerprint density at radius 2 is 0.289 bits per heavy atom. The van der Waals surface area contributed by atoms with Gasteiger partial charge in [-0.3, -0.25) is 38.4 Å². The molecule has 424 valence electrons. The molecule has 0 fully saturated rings. The largest absolute Gasteiger partial charge is 0.268 e. The first-order valence-electron chi connectivity index (χ1n) is 29.1. The fourth-order valence-corrected chi connectivity index (χ4v) is 13.1. The predicted octanol–water partition coefficient (Wildman–Crippen LogP) is 16.2. The molecule has 17 rings (SSSR count). The second kappa shape index (κ2) is 20.6. The van der Waals surface area contributed by atoms with Crippen molar-refractivity contribution in [2.45, 2.75) is 0 Å². The van der Waals surface area contributed by atoms with Crippen LogP contribution in [-0.4, -0.2) is 47.3 Å². The van der Waals surface area contributed by atoms with Crippen LogP contribution in [0.25, 0.3) is 76.5 Å². The van der Waals surface area contributed by atoms with Crippen molar-refractivity contribution < 1.29 is 38.4 Å². The zero-order valence-corrected chi connectivity index (χ0v) is 47.5. The van der Waals surface area contributed by atoms with Crippen LogP contribution in [0.2, 0.25) is 0 Å². The number of hydrogen-bond acceptors (Lipinski definition) is 8. The maximum atomic E-state index is 13.4. The third kappa shape index (κ3) is 8.23. The van der Waals surface area contributed by atoms with Crippen LogP contribution in [0, 0.1) is 0 Å². The van der Waals surface area contributed by atoms with E-state index in [9.17, 15) is 38.4 Å². The second-order valence-corrected chi connectivity index (χ2v) is 22.4. The fourth-order valence-electron chi connectivity index (χ4n) is 13.1. The van der Waals surface area contributed by atoms with Gasteiger partial charge in [0.1, 0.15) is 0 Å². The molecular weight excluding hydrogens is 1120 g/mol. The molecule has 8 amide bonds. The maximum absolute atomic E-state index is 13.4. The number of hydrogen-bond donors (Lipinski definition) is 0.